The first kappa shape index (κ1) is 40.1. The van der Waals surface area contributed by atoms with Gasteiger partial charge >= 0.3 is 0 Å². The van der Waals surface area contributed by atoms with Crippen molar-refractivity contribution in [2.24, 2.45) is 10.7 Å². The zero-order valence-corrected chi connectivity index (χ0v) is 36.6. The summed E-state index contributed by atoms with van der Waals surface area (Å²) in [4.78, 5) is 10.4. The van der Waals surface area contributed by atoms with Crippen LogP contribution in [-0.2, 0) is 0 Å². The van der Waals surface area contributed by atoms with E-state index in [9.17, 15) is 0 Å². The molecule has 5 heteroatoms. The fraction of sp³-hybridized carbons (Fsp3) is 0.167. The molecule has 0 saturated carbocycles. The molecule has 2 atom stereocenters. The lowest BCUT2D eigenvalue weighted by atomic mass is 9.90. The van der Waals surface area contributed by atoms with Gasteiger partial charge in [-0.25, -0.2) is 0 Å². The van der Waals surface area contributed by atoms with E-state index in [1.807, 2.05) is 13.8 Å². The van der Waals surface area contributed by atoms with Crippen molar-refractivity contribution in [3.05, 3.63) is 190 Å². The van der Waals surface area contributed by atoms with Gasteiger partial charge in [0.15, 0.2) is 0 Å². The topological polar surface area (TPSA) is 41.6 Å². The van der Waals surface area contributed by atoms with Crippen LogP contribution in [0.1, 0.15) is 61.4 Å². The van der Waals surface area contributed by atoms with E-state index in [0.29, 0.717) is 0 Å². The van der Waals surface area contributed by atoms with Crippen LogP contribution < -0.4 is 21.1 Å². The number of benzene rings is 6. The van der Waals surface area contributed by atoms with Crippen molar-refractivity contribution in [3.8, 4) is 11.1 Å². The van der Waals surface area contributed by atoms with Gasteiger partial charge in [-0.1, -0.05) is 142 Å². The zero-order chi connectivity index (χ0) is 41.4. The van der Waals surface area contributed by atoms with Gasteiger partial charge in [0.1, 0.15) is 5.00 Å². The lowest BCUT2D eigenvalue weighted by Crippen LogP contribution is -2.27. The van der Waals surface area contributed by atoms with Crippen molar-refractivity contribution in [3.63, 3.8) is 0 Å². The second kappa shape index (κ2) is 16.5. The molecule has 2 aliphatic heterocycles. The number of thiophene rings is 1. The lowest BCUT2D eigenvalue weighted by molar-refractivity contribution is 0.738. The fourth-order valence-electron chi connectivity index (χ4n) is 9.44. The predicted octanol–water partition coefficient (Wildman–Crippen LogP) is 13.2. The van der Waals surface area contributed by atoms with Crippen LogP contribution in [0.15, 0.2) is 172 Å². The lowest BCUT2D eigenvalue weighted by Gasteiger charge is -2.34. The number of hydrogen-bond donors (Lipinski definition) is 1. The molecule has 0 radical (unpaired) electrons. The molecule has 3 nitrogen and oxygen atoms in total. The number of anilines is 1. The third kappa shape index (κ3) is 6.53. The second-order valence-corrected chi connectivity index (χ2v) is 19.7. The van der Waals surface area contributed by atoms with Crippen molar-refractivity contribution >= 4 is 71.8 Å². The van der Waals surface area contributed by atoms with E-state index in [2.05, 4.69) is 195 Å². The van der Waals surface area contributed by atoms with Crippen LogP contribution in [0, 0.1) is 0 Å². The minimum Gasteiger partial charge on any atom is -0.333 e. The Kier molecular flexibility index (Phi) is 11.2. The maximum absolute atomic E-state index is 4.74. The molecule has 6 aromatic carbocycles. The van der Waals surface area contributed by atoms with Crippen molar-refractivity contribution in [1.82, 2.24) is 0 Å². The summed E-state index contributed by atoms with van der Waals surface area (Å²) in [5.74, 6) is 0.269. The molecule has 1 aliphatic carbocycles. The van der Waals surface area contributed by atoms with Crippen molar-refractivity contribution in [2.45, 2.75) is 48.9 Å². The van der Waals surface area contributed by atoms with Gasteiger partial charge in [0.25, 0.3) is 0 Å². The Morgan fingerprint density at radius 3 is 2.36 bits per heavy atom. The van der Waals surface area contributed by atoms with Crippen LogP contribution in [-0.4, -0.2) is 26.3 Å². The summed E-state index contributed by atoms with van der Waals surface area (Å²) < 4.78 is 1.23. The fourth-order valence-corrected chi connectivity index (χ4v) is 13.3. The van der Waals surface area contributed by atoms with E-state index in [0.717, 1.165) is 21.9 Å². The van der Waals surface area contributed by atoms with Crippen molar-refractivity contribution < 1.29 is 0 Å². The predicted molar refractivity (Wildman–Crippen MR) is 262 cm³/mol. The van der Waals surface area contributed by atoms with E-state index in [4.69, 9.17) is 4.99 Å². The van der Waals surface area contributed by atoms with Gasteiger partial charge in [0.05, 0.1) is 6.04 Å². The Morgan fingerprint density at radius 1 is 0.864 bits per heavy atom. The minimum atomic E-state index is -1.23. The summed E-state index contributed by atoms with van der Waals surface area (Å²) in [5.41, 5.74) is 16.1. The van der Waals surface area contributed by atoms with E-state index >= 15 is 0 Å². The highest BCUT2D eigenvalue weighted by Gasteiger charge is 2.42. The SMILES string of the molecule is C=Nc1sc2ccccc2c1C(c1ccc(C(/C=C\C)=c2\ccccc2=C)cc1)N1C2=CC=CCC2c2cc3ccc4c(c3cc21)S(C)(C)c1ccccc1-4.CC.CN. The third-order valence-corrected chi connectivity index (χ3v) is 15.9. The molecule has 0 fully saturated rings. The first-order valence-electron chi connectivity index (χ1n) is 20.6. The number of nitrogens with zero attached hydrogens (tertiary/aromatic N) is 2. The molecule has 7 aromatic rings. The molecule has 59 heavy (non-hydrogen) atoms. The van der Waals surface area contributed by atoms with Gasteiger partial charge < -0.3 is 10.6 Å². The van der Waals surface area contributed by atoms with Crippen molar-refractivity contribution in [2.75, 3.05) is 24.5 Å². The van der Waals surface area contributed by atoms with E-state index < -0.39 is 10.0 Å². The van der Waals surface area contributed by atoms with Crippen molar-refractivity contribution in [1.29, 1.82) is 0 Å². The Morgan fingerprint density at radius 2 is 1.59 bits per heavy atom. The maximum Gasteiger partial charge on any atom is 0.122 e. The number of rotatable bonds is 6. The highest BCUT2D eigenvalue weighted by atomic mass is 32.3. The molecule has 0 saturated heterocycles. The Labute approximate surface area is 355 Å². The monoisotopic (exact) mass is 807 g/mol. The molecular weight excluding hydrogens is 755 g/mol. The van der Waals surface area contributed by atoms with Gasteiger partial charge in [-0.2, -0.15) is 10.0 Å². The Bertz CT molecular complexity index is 2950. The normalized spacial score (nSPS) is 17.1. The highest BCUT2D eigenvalue weighted by molar-refractivity contribution is 8.33. The molecule has 1 aromatic heterocycles. The highest BCUT2D eigenvalue weighted by Crippen LogP contribution is 2.69. The average molecular weight is 808 g/mol. The third-order valence-electron chi connectivity index (χ3n) is 11.9. The van der Waals surface area contributed by atoms with Gasteiger partial charge in [-0.15, -0.1) is 11.3 Å². The second-order valence-electron chi connectivity index (χ2n) is 15.1. The quantitative estimate of drug-likeness (QED) is 0.170. The van der Waals surface area contributed by atoms with Crippen LogP contribution in [0.2, 0.25) is 0 Å². The Hall–Kier alpha value is -5.72. The smallest absolute Gasteiger partial charge is 0.122 e. The van der Waals surface area contributed by atoms with Crippen LogP contribution in [0.4, 0.5) is 10.7 Å². The summed E-state index contributed by atoms with van der Waals surface area (Å²) in [6.45, 7) is 14.6. The summed E-state index contributed by atoms with van der Waals surface area (Å²) in [6.07, 6.45) is 17.2. The largest absolute Gasteiger partial charge is 0.333 e. The summed E-state index contributed by atoms with van der Waals surface area (Å²) >= 11 is 1.74. The van der Waals surface area contributed by atoms with Crippen LogP contribution >= 0.6 is 21.4 Å². The number of allylic oxidation sites excluding steroid dienone is 6. The summed E-state index contributed by atoms with van der Waals surface area (Å²) in [6, 6.07) is 45.1. The maximum atomic E-state index is 4.74. The van der Waals surface area contributed by atoms with Gasteiger partial charge in [-0.05, 0) is 125 Å². The molecule has 0 amide bonds. The van der Waals surface area contributed by atoms with Crippen LogP contribution in [0.3, 0.4) is 0 Å². The van der Waals surface area contributed by atoms with Crippen LogP contribution in [0.5, 0.6) is 0 Å². The molecule has 3 aliphatic rings. The van der Waals surface area contributed by atoms with Gasteiger partial charge in [-0.3, -0.25) is 4.99 Å². The average Bonchev–Trinajstić information content (AvgIpc) is 3.89. The van der Waals surface area contributed by atoms with Gasteiger partial charge in [0, 0.05) is 42.7 Å². The molecular formula is C54H53N3S2. The molecule has 2 unspecified atom stereocenters. The minimum absolute atomic E-state index is 0.135. The standard InChI is InChI=1S/C51H42N2S2.C2H6.CH5N/c1-6-15-37(36-17-8-7-16-32(36)2)33-24-26-34(27-25-33)49(48-41-20-10-13-22-46(41)54-51(48)52-3)53-44-21-12-9-18-38(44)43-30-35-28-29-40-39-19-11-14-23-47(39)55(4,5)50(40)42(35)31-45(43)53;2*1-2/h6-17,19-31,38,49H,2-3,18H2,1,4-5H3;1-2H3;2H2,1H3/b15-6-,37-36+;;. The molecule has 0 bridgehead atoms. The number of aliphatic imine (C=N–C) groups is 1. The number of nitrogens with two attached hydrogens (primary N) is 1. The van der Waals surface area contributed by atoms with Gasteiger partial charge in [0.2, 0.25) is 0 Å². The zero-order valence-electron chi connectivity index (χ0n) is 35.0. The molecule has 0 spiro atoms. The van der Waals surface area contributed by atoms with E-state index in [-0.39, 0.29) is 12.0 Å². The Balaban J connectivity index is 0.00000118. The first-order chi connectivity index (χ1) is 28.9. The number of fused-ring (bicyclic) bond motifs is 9. The molecule has 3 heterocycles. The molecule has 296 valence electrons. The molecule has 2 N–H and O–H groups in total. The summed E-state index contributed by atoms with van der Waals surface area (Å²) in [7, 11) is 0.269. The number of hydrogen-bond acceptors (Lipinski definition) is 4. The van der Waals surface area contributed by atoms with Crippen LogP contribution in [0.25, 0.3) is 44.1 Å². The first-order valence-corrected chi connectivity index (χ1v) is 23.8. The van der Waals surface area contributed by atoms with E-state index in [1.54, 1.807) is 11.3 Å². The van der Waals surface area contributed by atoms with E-state index in [1.165, 1.54) is 88.0 Å². The molecule has 10 rings (SSSR count). The summed E-state index contributed by atoms with van der Waals surface area (Å²) in [5, 5.41) is 7.07.